The molecule has 148 valence electrons. The van der Waals surface area contributed by atoms with Crippen molar-refractivity contribution >= 4 is 27.5 Å². The van der Waals surface area contributed by atoms with Crippen LogP contribution < -0.4 is 4.74 Å². The minimum Gasteiger partial charge on any atom is -0.484 e. The van der Waals surface area contributed by atoms with Crippen LogP contribution >= 0.6 is 11.3 Å². The van der Waals surface area contributed by atoms with Crippen molar-refractivity contribution in [3.8, 4) is 5.75 Å². The van der Waals surface area contributed by atoms with E-state index in [4.69, 9.17) is 9.15 Å². The lowest BCUT2D eigenvalue weighted by atomic mass is 9.82. The third kappa shape index (κ3) is 3.63. The Balaban J connectivity index is 1.39. The second-order valence-electron chi connectivity index (χ2n) is 7.46. The van der Waals surface area contributed by atoms with Crippen LogP contribution in [0.2, 0.25) is 0 Å². The predicted molar refractivity (Wildman–Crippen MR) is 109 cm³/mol. The van der Waals surface area contributed by atoms with E-state index in [1.54, 1.807) is 11.3 Å². The van der Waals surface area contributed by atoms with Gasteiger partial charge >= 0.3 is 0 Å². The van der Waals surface area contributed by atoms with E-state index in [0.29, 0.717) is 17.3 Å². The van der Waals surface area contributed by atoms with Gasteiger partial charge in [0.15, 0.2) is 12.3 Å². The molecule has 28 heavy (non-hydrogen) atoms. The van der Waals surface area contributed by atoms with Crippen LogP contribution in [0.3, 0.4) is 0 Å². The van der Waals surface area contributed by atoms with Crippen molar-refractivity contribution in [2.24, 2.45) is 5.41 Å². The number of thiazole rings is 1. The van der Waals surface area contributed by atoms with Gasteiger partial charge in [-0.3, -0.25) is 4.79 Å². The van der Waals surface area contributed by atoms with Gasteiger partial charge in [0.2, 0.25) is 5.89 Å². The molecule has 3 heterocycles. The van der Waals surface area contributed by atoms with Crippen molar-refractivity contribution in [1.29, 1.82) is 0 Å². The number of nitrogens with zero attached hydrogens (tertiary/aromatic N) is 3. The quantitative estimate of drug-likeness (QED) is 0.594. The van der Waals surface area contributed by atoms with Crippen LogP contribution in [0, 0.1) is 12.3 Å². The third-order valence-electron chi connectivity index (χ3n) is 5.82. The SMILES string of the molecule is CCC1(CC)CCN(C(=O)c2coc(COc3ccc4sc(C)nc4c3)n2)C1. The van der Waals surface area contributed by atoms with Crippen LogP contribution in [-0.2, 0) is 6.61 Å². The molecular weight excluding hydrogens is 374 g/mol. The molecule has 0 spiro atoms. The highest BCUT2D eigenvalue weighted by Crippen LogP contribution is 2.37. The number of carbonyl (C=O) groups is 1. The Kier molecular flexibility index (Phi) is 5.10. The van der Waals surface area contributed by atoms with Gasteiger partial charge in [-0.05, 0) is 43.7 Å². The molecule has 6 nitrogen and oxygen atoms in total. The van der Waals surface area contributed by atoms with Crippen LogP contribution in [0.25, 0.3) is 10.2 Å². The average molecular weight is 400 g/mol. The first kappa shape index (κ1) is 18.9. The monoisotopic (exact) mass is 399 g/mol. The van der Waals surface area contributed by atoms with Crippen LogP contribution in [0.15, 0.2) is 28.9 Å². The Morgan fingerprint density at radius 2 is 2.14 bits per heavy atom. The maximum Gasteiger partial charge on any atom is 0.275 e. The predicted octanol–water partition coefficient (Wildman–Crippen LogP) is 4.82. The topological polar surface area (TPSA) is 68.5 Å². The molecule has 1 saturated heterocycles. The number of benzene rings is 1. The number of aryl methyl sites for hydroxylation is 1. The Morgan fingerprint density at radius 3 is 2.89 bits per heavy atom. The number of aromatic nitrogens is 2. The lowest BCUT2D eigenvalue weighted by Gasteiger charge is -2.26. The van der Waals surface area contributed by atoms with E-state index < -0.39 is 0 Å². The second-order valence-corrected chi connectivity index (χ2v) is 8.70. The maximum absolute atomic E-state index is 12.8. The van der Waals surface area contributed by atoms with Gasteiger partial charge in [-0.2, -0.15) is 0 Å². The average Bonchev–Trinajstić information content (AvgIpc) is 3.43. The van der Waals surface area contributed by atoms with Crippen molar-refractivity contribution in [1.82, 2.24) is 14.9 Å². The molecule has 1 aliphatic heterocycles. The summed E-state index contributed by atoms with van der Waals surface area (Å²) in [7, 11) is 0. The number of fused-ring (bicyclic) bond motifs is 1. The molecule has 1 aliphatic rings. The summed E-state index contributed by atoms with van der Waals surface area (Å²) in [4.78, 5) is 23.5. The van der Waals surface area contributed by atoms with Gasteiger partial charge in [-0.25, -0.2) is 9.97 Å². The van der Waals surface area contributed by atoms with Gasteiger partial charge < -0.3 is 14.1 Å². The molecule has 7 heteroatoms. The molecule has 2 aromatic heterocycles. The molecule has 0 bridgehead atoms. The number of carbonyl (C=O) groups excluding carboxylic acids is 1. The molecule has 1 aromatic carbocycles. The lowest BCUT2D eigenvalue weighted by molar-refractivity contribution is 0.0764. The highest BCUT2D eigenvalue weighted by atomic mass is 32.1. The number of amides is 1. The molecule has 0 unspecified atom stereocenters. The zero-order valence-electron chi connectivity index (χ0n) is 16.5. The summed E-state index contributed by atoms with van der Waals surface area (Å²) in [5.41, 5.74) is 1.53. The number of hydrogen-bond donors (Lipinski definition) is 0. The Morgan fingerprint density at radius 1 is 1.32 bits per heavy atom. The smallest absolute Gasteiger partial charge is 0.275 e. The summed E-state index contributed by atoms with van der Waals surface area (Å²) in [6, 6.07) is 5.82. The van der Waals surface area contributed by atoms with Crippen molar-refractivity contribution < 1.29 is 13.9 Å². The summed E-state index contributed by atoms with van der Waals surface area (Å²) in [5, 5.41) is 1.03. The van der Waals surface area contributed by atoms with E-state index in [1.807, 2.05) is 30.0 Å². The van der Waals surface area contributed by atoms with E-state index in [1.165, 1.54) is 6.26 Å². The molecule has 0 N–H and O–H groups in total. The fourth-order valence-electron chi connectivity index (χ4n) is 3.83. The second kappa shape index (κ2) is 7.54. The molecule has 3 aromatic rings. The number of oxazole rings is 1. The Bertz CT molecular complexity index is 990. The van der Waals surface area contributed by atoms with Crippen molar-refractivity contribution in [2.45, 2.75) is 46.6 Å². The van der Waals surface area contributed by atoms with Crippen LogP contribution in [0.4, 0.5) is 0 Å². The van der Waals surface area contributed by atoms with Crippen LogP contribution in [0.5, 0.6) is 5.75 Å². The van der Waals surface area contributed by atoms with E-state index in [9.17, 15) is 4.79 Å². The third-order valence-corrected chi connectivity index (χ3v) is 6.78. The number of ether oxygens (including phenoxy) is 1. The van der Waals surface area contributed by atoms with E-state index >= 15 is 0 Å². The highest BCUT2D eigenvalue weighted by Gasteiger charge is 2.37. The van der Waals surface area contributed by atoms with Gasteiger partial charge in [-0.15, -0.1) is 11.3 Å². The van der Waals surface area contributed by atoms with Crippen LogP contribution in [0.1, 0.15) is 54.5 Å². The van der Waals surface area contributed by atoms with Crippen molar-refractivity contribution in [3.05, 3.63) is 41.1 Å². The minimum atomic E-state index is -0.0573. The molecule has 0 saturated carbocycles. The Hall–Kier alpha value is -2.41. The van der Waals surface area contributed by atoms with Crippen molar-refractivity contribution in [3.63, 3.8) is 0 Å². The van der Waals surface area contributed by atoms with Gasteiger partial charge in [-0.1, -0.05) is 13.8 Å². The zero-order chi connectivity index (χ0) is 19.7. The summed E-state index contributed by atoms with van der Waals surface area (Å²) in [5.74, 6) is 1.05. The maximum atomic E-state index is 12.8. The van der Waals surface area contributed by atoms with E-state index in [2.05, 4.69) is 23.8 Å². The molecular formula is C21H25N3O3S. The highest BCUT2D eigenvalue weighted by molar-refractivity contribution is 7.18. The number of likely N-dealkylation sites (tertiary alicyclic amines) is 1. The van der Waals surface area contributed by atoms with Gasteiger partial charge in [0.1, 0.15) is 12.0 Å². The van der Waals surface area contributed by atoms with Gasteiger partial charge in [0.05, 0.1) is 15.2 Å². The standard InChI is InChI=1S/C21H25N3O3S/c1-4-21(5-2)8-9-24(13-21)20(25)17-11-27-19(23-17)12-26-15-6-7-18-16(10-15)22-14(3)28-18/h6-7,10-11H,4-5,8-9,12-13H2,1-3H3. The molecule has 0 aliphatic carbocycles. The largest absolute Gasteiger partial charge is 0.484 e. The first-order chi connectivity index (χ1) is 13.5. The first-order valence-corrected chi connectivity index (χ1v) is 10.6. The fraction of sp³-hybridized carbons (Fsp3) is 0.476. The summed E-state index contributed by atoms with van der Waals surface area (Å²) in [6.45, 7) is 8.15. The van der Waals surface area contributed by atoms with Crippen molar-refractivity contribution in [2.75, 3.05) is 13.1 Å². The minimum absolute atomic E-state index is 0.0573. The number of hydrogen-bond acceptors (Lipinski definition) is 6. The van der Waals surface area contributed by atoms with Gasteiger partial charge in [0, 0.05) is 19.2 Å². The molecule has 1 fully saturated rings. The van der Waals surface area contributed by atoms with E-state index in [-0.39, 0.29) is 17.9 Å². The fourth-order valence-corrected chi connectivity index (χ4v) is 4.64. The molecule has 1 amide bonds. The van der Waals surface area contributed by atoms with Crippen LogP contribution in [-0.4, -0.2) is 33.9 Å². The number of rotatable bonds is 6. The summed E-state index contributed by atoms with van der Waals surface area (Å²) in [6.07, 6.45) is 4.67. The zero-order valence-corrected chi connectivity index (χ0v) is 17.3. The summed E-state index contributed by atoms with van der Waals surface area (Å²) < 4.78 is 12.4. The normalized spacial score (nSPS) is 16.0. The molecule has 4 rings (SSSR count). The molecule has 0 radical (unpaired) electrons. The summed E-state index contributed by atoms with van der Waals surface area (Å²) >= 11 is 1.66. The lowest BCUT2D eigenvalue weighted by Crippen LogP contribution is -2.32. The molecule has 0 atom stereocenters. The van der Waals surface area contributed by atoms with E-state index in [0.717, 1.165) is 47.6 Å². The van der Waals surface area contributed by atoms with Gasteiger partial charge in [0.25, 0.3) is 5.91 Å². The first-order valence-electron chi connectivity index (χ1n) is 9.75. The Labute approximate surface area is 168 Å².